The number of hydrogen-bond acceptors (Lipinski definition) is 5. The minimum Gasteiger partial charge on any atom is -0.369 e. The normalized spacial score (nSPS) is 14.4. The summed E-state index contributed by atoms with van der Waals surface area (Å²) in [5, 5.41) is 3.39. The molecule has 0 spiro atoms. The zero-order valence-electron chi connectivity index (χ0n) is 19.4. The highest BCUT2D eigenvalue weighted by molar-refractivity contribution is 5.81. The van der Waals surface area contributed by atoms with E-state index in [0.29, 0.717) is 35.8 Å². The van der Waals surface area contributed by atoms with Crippen LogP contribution < -0.4 is 16.4 Å². The lowest BCUT2D eigenvalue weighted by atomic mass is 10.0. The van der Waals surface area contributed by atoms with Crippen LogP contribution in [0.1, 0.15) is 36.3 Å². The van der Waals surface area contributed by atoms with Gasteiger partial charge in [-0.15, -0.1) is 0 Å². The Morgan fingerprint density at radius 3 is 2.63 bits per heavy atom. The molecule has 10 heteroatoms. The number of rotatable bonds is 4. The predicted molar refractivity (Wildman–Crippen MR) is 126 cm³/mol. The second-order valence-electron chi connectivity index (χ2n) is 8.54. The Kier molecular flexibility index (Phi) is 5.66. The number of aryl methyl sites for hydroxylation is 2. The summed E-state index contributed by atoms with van der Waals surface area (Å²) >= 11 is 0. The van der Waals surface area contributed by atoms with Crippen molar-refractivity contribution in [3.8, 4) is 22.5 Å². The molecule has 5 rings (SSSR count). The molecule has 2 aromatic rings. The average molecular weight is 480 g/mol. The van der Waals surface area contributed by atoms with Crippen molar-refractivity contribution < 1.29 is 13.2 Å². The lowest BCUT2D eigenvalue weighted by molar-refractivity contribution is 0.146. The highest BCUT2D eigenvalue weighted by Crippen LogP contribution is 2.36. The van der Waals surface area contributed by atoms with Gasteiger partial charge in [-0.2, -0.15) is 0 Å². The first-order valence-corrected chi connectivity index (χ1v) is 11.2. The molecule has 0 fully saturated rings. The van der Waals surface area contributed by atoms with Gasteiger partial charge in [0.1, 0.15) is 23.3 Å². The number of benzene rings is 1. The first kappa shape index (κ1) is 22.8. The van der Waals surface area contributed by atoms with Gasteiger partial charge >= 0.3 is 0 Å². The SMILES string of the molecule is Cc1nc2n3c(c(-c4ccc(=O)n(C)c4)cc-2c(=NC(C)c2cccc(C(F)F)c2F)n1)NCC3. The molecule has 0 saturated heterocycles. The molecule has 1 unspecified atom stereocenters. The smallest absolute Gasteiger partial charge is 0.266 e. The van der Waals surface area contributed by atoms with Gasteiger partial charge in [0.15, 0.2) is 5.49 Å². The maximum Gasteiger partial charge on any atom is 0.266 e. The van der Waals surface area contributed by atoms with Crippen molar-refractivity contribution in [1.29, 1.82) is 0 Å². The summed E-state index contributed by atoms with van der Waals surface area (Å²) in [5.74, 6) is 1.06. The lowest BCUT2D eigenvalue weighted by Gasteiger charge is -2.18. The molecular weight excluding hydrogens is 457 g/mol. The van der Waals surface area contributed by atoms with Crippen LogP contribution in [0.2, 0.25) is 0 Å². The average Bonchev–Trinajstić information content (AvgIpc) is 3.31. The summed E-state index contributed by atoms with van der Waals surface area (Å²) in [4.78, 5) is 25.7. The summed E-state index contributed by atoms with van der Waals surface area (Å²) in [5.41, 5.74) is 1.95. The molecule has 4 heterocycles. The summed E-state index contributed by atoms with van der Waals surface area (Å²) < 4.78 is 44.8. The second-order valence-corrected chi connectivity index (χ2v) is 8.54. The van der Waals surface area contributed by atoms with Gasteiger partial charge in [0.2, 0.25) is 5.56 Å². The molecular formula is C25H23F3N6O. The summed E-state index contributed by atoms with van der Waals surface area (Å²) in [6, 6.07) is 8.33. The van der Waals surface area contributed by atoms with Gasteiger partial charge < -0.3 is 14.5 Å². The molecule has 0 aliphatic carbocycles. The van der Waals surface area contributed by atoms with E-state index in [0.717, 1.165) is 23.0 Å². The standard InChI is InChI=1S/C25H23F3N6O/c1-13(16-5-4-6-17(21(16)26)22(27)28)30-23-19-11-18(15-7-8-20(35)33(3)12-15)24-29-9-10-34(24)25(19)32-14(2)31-23/h4-8,11-13,22,29H,9-10H2,1-3H3. The third-order valence-electron chi connectivity index (χ3n) is 6.17. The number of pyridine rings is 2. The van der Waals surface area contributed by atoms with Crippen LogP contribution in [0.4, 0.5) is 19.0 Å². The van der Waals surface area contributed by atoms with Crippen LogP contribution in [-0.2, 0) is 13.6 Å². The molecule has 3 aliphatic heterocycles. The van der Waals surface area contributed by atoms with Crippen molar-refractivity contribution in [3.63, 3.8) is 0 Å². The molecule has 1 atom stereocenters. The number of nitrogens with zero attached hydrogens (tertiary/aromatic N) is 5. The second kappa shape index (κ2) is 8.68. The lowest BCUT2D eigenvalue weighted by Crippen LogP contribution is -2.21. The Labute approximate surface area is 199 Å². The van der Waals surface area contributed by atoms with Gasteiger partial charge in [0.05, 0.1) is 17.2 Å². The Morgan fingerprint density at radius 1 is 1.11 bits per heavy atom. The van der Waals surface area contributed by atoms with Crippen molar-refractivity contribution in [2.45, 2.75) is 32.9 Å². The van der Waals surface area contributed by atoms with Gasteiger partial charge in [0.25, 0.3) is 6.43 Å². The summed E-state index contributed by atoms with van der Waals surface area (Å²) in [6.45, 7) is 4.77. The highest BCUT2D eigenvalue weighted by atomic mass is 19.3. The fourth-order valence-corrected chi connectivity index (χ4v) is 4.43. The third-order valence-corrected chi connectivity index (χ3v) is 6.17. The monoisotopic (exact) mass is 480 g/mol. The maximum absolute atomic E-state index is 14.8. The maximum atomic E-state index is 14.8. The summed E-state index contributed by atoms with van der Waals surface area (Å²) in [6.07, 6.45) is -1.16. The van der Waals surface area contributed by atoms with Crippen LogP contribution in [0.25, 0.3) is 22.5 Å². The van der Waals surface area contributed by atoms with Gasteiger partial charge in [-0.3, -0.25) is 9.79 Å². The number of halogens is 3. The Balaban J connectivity index is 1.74. The fourth-order valence-electron chi connectivity index (χ4n) is 4.43. The van der Waals surface area contributed by atoms with Crippen molar-refractivity contribution in [2.24, 2.45) is 12.0 Å². The fraction of sp³-hybridized carbons (Fsp3) is 0.280. The van der Waals surface area contributed by atoms with E-state index in [1.165, 1.54) is 22.8 Å². The van der Waals surface area contributed by atoms with Gasteiger partial charge in [-0.25, -0.2) is 23.1 Å². The van der Waals surface area contributed by atoms with Crippen molar-refractivity contribution in [2.75, 3.05) is 11.9 Å². The minimum absolute atomic E-state index is 0.0703. The number of aromatic nitrogens is 4. The van der Waals surface area contributed by atoms with Crippen LogP contribution in [-0.4, -0.2) is 25.6 Å². The predicted octanol–water partition coefficient (Wildman–Crippen LogP) is 4.22. The molecule has 3 aliphatic rings. The third kappa shape index (κ3) is 3.98. The largest absolute Gasteiger partial charge is 0.369 e. The summed E-state index contributed by atoms with van der Waals surface area (Å²) in [7, 11) is 1.69. The molecule has 0 amide bonds. The van der Waals surface area contributed by atoms with Crippen LogP contribution >= 0.6 is 0 Å². The first-order chi connectivity index (χ1) is 16.7. The van der Waals surface area contributed by atoms with Gasteiger partial charge in [-0.1, -0.05) is 18.2 Å². The Hall–Kier alpha value is -3.95. The van der Waals surface area contributed by atoms with Crippen molar-refractivity contribution in [1.82, 2.24) is 19.1 Å². The van der Waals surface area contributed by atoms with E-state index in [1.807, 2.05) is 10.6 Å². The Bertz CT molecular complexity index is 1540. The van der Waals surface area contributed by atoms with Crippen LogP contribution in [0, 0.1) is 12.7 Å². The number of nitrogens with one attached hydrogen (secondary N) is 1. The number of fused-ring (bicyclic) bond motifs is 3. The van der Waals surface area contributed by atoms with E-state index in [-0.39, 0.29) is 11.1 Å². The molecule has 7 nitrogen and oxygen atoms in total. The van der Waals surface area contributed by atoms with Crippen LogP contribution in [0.3, 0.4) is 0 Å². The number of alkyl halides is 2. The van der Waals surface area contributed by atoms with Crippen molar-refractivity contribution in [3.05, 3.63) is 81.2 Å². The van der Waals surface area contributed by atoms with E-state index < -0.39 is 23.8 Å². The molecule has 0 saturated carbocycles. The quantitative estimate of drug-likeness (QED) is 0.475. The zero-order valence-corrected chi connectivity index (χ0v) is 19.4. The van der Waals surface area contributed by atoms with E-state index in [2.05, 4.69) is 20.3 Å². The van der Waals surface area contributed by atoms with E-state index in [1.54, 1.807) is 33.2 Å². The molecule has 0 radical (unpaired) electrons. The molecule has 1 N–H and O–H groups in total. The topological polar surface area (TPSA) is 77.1 Å². The van der Waals surface area contributed by atoms with Crippen molar-refractivity contribution >= 4 is 5.82 Å². The van der Waals surface area contributed by atoms with Crippen LogP contribution in [0.15, 0.2) is 52.4 Å². The zero-order chi connectivity index (χ0) is 24.9. The Morgan fingerprint density at radius 2 is 1.89 bits per heavy atom. The van der Waals surface area contributed by atoms with E-state index >= 15 is 0 Å². The number of anilines is 1. The molecule has 0 bridgehead atoms. The first-order valence-electron chi connectivity index (χ1n) is 11.2. The van der Waals surface area contributed by atoms with E-state index in [9.17, 15) is 18.0 Å². The van der Waals surface area contributed by atoms with Crippen LogP contribution in [0.5, 0.6) is 0 Å². The van der Waals surface area contributed by atoms with E-state index in [4.69, 9.17) is 0 Å². The minimum atomic E-state index is -2.92. The highest BCUT2D eigenvalue weighted by Gasteiger charge is 2.25. The molecule has 180 valence electrons. The number of hydrogen-bond donors (Lipinski definition) is 1. The van der Waals surface area contributed by atoms with Gasteiger partial charge in [0, 0.05) is 49.1 Å². The molecule has 35 heavy (non-hydrogen) atoms. The molecule has 1 aromatic carbocycles. The molecule has 1 aromatic heterocycles. The van der Waals surface area contributed by atoms with Gasteiger partial charge in [-0.05, 0) is 26.0 Å².